The van der Waals surface area contributed by atoms with E-state index in [2.05, 4.69) is 10.3 Å². The lowest BCUT2D eigenvalue weighted by atomic mass is 10.2. The predicted molar refractivity (Wildman–Crippen MR) is 61.9 cm³/mol. The van der Waals surface area contributed by atoms with Crippen molar-refractivity contribution >= 4 is 17.8 Å². The molecule has 0 aromatic carbocycles. The summed E-state index contributed by atoms with van der Waals surface area (Å²) in [4.78, 5) is 36.7. The summed E-state index contributed by atoms with van der Waals surface area (Å²) in [5.74, 6) is -2.81. The second-order valence-electron chi connectivity index (χ2n) is 3.75. The number of carboxylic acid groups (broad SMARTS) is 1. The van der Waals surface area contributed by atoms with Gasteiger partial charge in [-0.2, -0.15) is 0 Å². The Morgan fingerprint density at radius 2 is 2.11 bits per heavy atom. The Morgan fingerprint density at radius 1 is 1.44 bits per heavy atom. The summed E-state index contributed by atoms with van der Waals surface area (Å²) >= 11 is 0. The van der Waals surface area contributed by atoms with Crippen LogP contribution in [0.25, 0.3) is 0 Å². The molecule has 7 nitrogen and oxygen atoms in total. The van der Waals surface area contributed by atoms with Crippen molar-refractivity contribution in [3.8, 4) is 0 Å². The number of carboxylic acids is 1. The summed E-state index contributed by atoms with van der Waals surface area (Å²) in [5, 5.41) is 11.1. The quantitative estimate of drug-likeness (QED) is 0.659. The molecule has 1 atom stereocenters. The summed E-state index contributed by atoms with van der Waals surface area (Å²) in [7, 11) is 0. The molecule has 96 valence electrons. The standard InChI is InChI=1S/C11H13N3O4/c1-6(11(17)18)4-14-10(16)8-3-2-7(5-13-8)9(12)15/h2-3,5-6H,4H2,1H3,(H2,12,15)(H,14,16)(H,17,18). The van der Waals surface area contributed by atoms with Crippen LogP contribution in [0.3, 0.4) is 0 Å². The topological polar surface area (TPSA) is 122 Å². The summed E-state index contributed by atoms with van der Waals surface area (Å²) in [6.07, 6.45) is 1.19. The van der Waals surface area contributed by atoms with Crippen molar-refractivity contribution in [3.63, 3.8) is 0 Å². The minimum Gasteiger partial charge on any atom is -0.481 e. The number of carbonyl (C=O) groups excluding carboxylic acids is 2. The molecule has 1 unspecified atom stereocenters. The van der Waals surface area contributed by atoms with Crippen molar-refractivity contribution in [1.82, 2.24) is 10.3 Å². The van der Waals surface area contributed by atoms with Gasteiger partial charge in [0.1, 0.15) is 5.69 Å². The molecule has 1 rings (SSSR count). The zero-order valence-corrected chi connectivity index (χ0v) is 9.71. The number of nitrogens with zero attached hydrogens (tertiary/aromatic N) is 1. The lowest BCUT2D eigenvalue weighted by Crippen LogP contribution is -2.32. The van der Waals surface area contributed by atoms with E-state index < -0.39 is 23.7 Å². The van der Waals surface area contributed by atoms with E-state index in [0.717, 1.165) is 0 Å². The van der Waals surface area contributed by atoms with Crippen LogP contribution >= 0.6 is 0 Å². The van der Waals surface area contributed by atoms with Crippen LogP contribution in [0, 0.1) is 5.92 Å². The van der Waals surface area contributed by atoms with Crippen LogP contribution in [0.15, 0.2) is 18.3 Å². The molecule has 0 aliphatic carbocycles. The second kappa shape index (κ2) is 5.76. The van der Waals surface area contributed by atoms with Crippen LogP contribution in [0.1, 0.15) is 27.8 Å². The van der Waals surface area contributed by atoms with Gasteiger partial charge >= 0.3 is 5.97 Å². The number of pyridine rings is 1. The van der Waals surface area contributed by atoms with Crippen LogP contribution < -0.4 is 11.1 Å². The Bertz CT molecular complexity index is 470. The molecule has 0 fully saturated rings. The van der Waals surface area contributed by atoms with Crippen molar-refractivity contribution in [2.24, 2.45) is 11.7 Å². The molecule has 1 aromatic heterocycles. The highest BCUT2D eigenvalue weighted by Gasteiger charge is 2.14. The maximum atomic E-state index is 11.6. The summed E-state index contributed by atoms with van der Waals surface area (Å²) in [6.45, 7) is 1.49. The monoisotopic (exact) mass is 251 g/mol. The maximum absolute atomic E-state index is 11.6. The molecule has 0 radical (unpaired) electrons. The summed E-state index contributed by atoms with van der Waals surface area (Å²) in [6, 6.07) is 2.73. The fraction of sp³-hybridized carbons (Fsp3) is 0.273. The highest BCUT2D eigenvalue weighted by atomic mass is 16.4. The van der Waals surface area contributed by atoms with Gasteiger partial charge in [0.25, 0.3) is 5.91 Å². The third-order valence-electron chi connectivity index (χ3n) is 2.27. The van der Waals surface area contributed by atoms with Gasteiger partial charge in [0.2, 0.25) is 5.91 Å². The summed E-state index contributed by atoms with van der Waals surface area (Å²) in [5.41, 5.74) is 5.32. The van der Waals surface area contributed by atoms with E-state index in [1.54, 1.807) is 0 Å². The van der Waals surface area contributed by atoms with Gasteiger partial charge in [-0.3, -0.25) is 19.4 Å². The first-order valence-electron chi connectivity index (χ1n) is 5.18. The Morgan fingerprint density at radius 3 is 2.56 bits per heavy atom. The minimum absolute atomic E-state index is 0.00736. The zero-order chi connectivity index (χ0) is 13.7. The second-order valence-corrected chi connectivity index (χ2v) is 3.75. The molecule has 7 heteroatoms. The van der Waals surface area contributed by atoms with Crippen LogP contribution in [-0.2, 0) is 4.79 Å². The number of nitrogens with one attached hydrogen (secondary N) is 1. The Balaban J connectivity index is 2.62. The van der Waals surface area contributed by atoms with Crippen molar-refractivity contribution in [2.45, 2.75) is 6.92 Å². The first-order chi connectivity index (χ1) is 8.41. The molecule has 18 heavy (non-hydrogen) atoms. The number of nitrogens with two attached hydrogens (primary N) is 1. The van der Waals surface area contributed by atoms with E-state index in [4.69, 9.17) is 10.8 Å². The van der Waals surface area contributed by atoms with Crippen molar-refractivity contribution in [3.05, 3.63) is 29.6 Å². The molecule has 0 saturated carbocycles. The van der Waals surface area contributed by atoms with E-state index in [0.29, 0.717) is 0 Å². The van der Waals surface area contributed by atoms with E-state index in [9.17, 15) is 14.4 Å². The Kier molecular flexibility index (Phi) is 4.36. The third-order valence-corrected chi connectivity index (χ3v) is 2.27. The normalized spacial score (nSPS) is 11.6. The fourth-order valence-electron chi connectivity index (χ4n) is 1.10. The van der Waals surface area contributed by atoms with Crippen molar-refractivity contribution < 1.29 is 19.5 Å². The first-order valence-corrected chi connectivity index (χ1v) is 5.18. The minimum atomic E-state index is -0.993. The van der Waals surface area contributed by atoms with Crippen LogP contribution in [0.2, 0.25) is 0 Å². The number of amides is 2. The highest BCUT2D eigenvalue weighted by Crippen LogP contribution is 2.00. The molecule has 1 heterocycles. The molecule has 0 aliphatic heterocycles. The lowest BCUT2D eigenvalue weighted by Gasteiger charge is -2.07. The van der Waals surface area contributed by atoms with Crippen LogP contribution in [-0.4, -0.2) is 34.4 Å². The van der Waals surface area contributed by atoms with E-state index in [-0.39, 0.29) is 17.8 Å². The number of rotatable bonds is 5. The van der Waals surface area contributed by atoms with Gasteiger partial charge in [-0.05, 0) is 12.1 Å². The first kappa shape index (κ1) is 13.6. The summed E-state index contributed by atoms with van der Waals surface area (Å²) < 4.78 is 0. The number of primary amides is 1. The Labute approximate surface area is 103 Å². The van der Waals surface area contributed by atoms with Gasteiger partial charge in [0.05, 0.1) is 11.5 Å². The fourth-order valence-corrected chi connectivity index (χ4v) is 1.10. The van der Waals surface area contributed by atoms with Crippen LogP contribution in [0.4, 0.5) is 0 Å². The van der Waals surface area contributed by atoms with Gasteiger partial charge in [-0.25, -0.2) is 0 Å². The van der Waals surface area contributed by atoms with Gasteiger partial charge < -0.3 is 16.2 Å². The number of carbonyl (C=O) groups is 3. The average molecular weight is 251 g/mol. The molecule has 1 aromatic rings. The van der Waals surface area contributed by atoms with Gasteiger partial charge in [-0.1, -0.05) is 6.92 Å². The number of aliphatic carboxylic acids is 1. The molecule has 4 N–H and O–H groups in total. The number of aromatic nitrogens is 1. The van der Waals surface area contributed by atoms with Gasteiger partial charge in [-0.15, -0.1) is 0 Å². The largest absolute Gasteiger partial charge is 0.481 e. The van der Waals surface area contributed by atoms with Crippen molar-refractivity contribution in [2.75, 3.05) is 6.54 Å². The van der Waals surface area contributed by atoms with E-state index >= 15 is 0 Å². The third kappa shape index (κ3) is 3.55. The Hall–Kier alpha value is -2.44. The molecule has 0 aliphatic rings. The van der Waals surface area contributed by atoms with Gasteiger partial charge in [0, 0.05) is 12.7 Å². The highest BCUT2D eigenvalue weighted by molar-refractivity contribution is 5.95. The van der Waals surface area contributed by atoms with E-state index in [1.807, 2.05) is 0 Å². The van der Waals surface area contributed by atoms with E-state index in [1.165, 1.54) is 25.3 Å². The molecule has 0 bridgehead atoms. The number of hydrogen-bond acceptors (Lipinski definition) is 4. The number of hydrogen-bond donors (Lipinski definition) is 3. The lowest BCUT2D eigenvalue weighted by molar-refractivity contribution is -0.140. The molecular formula is C11H13N3O4. The van der Waals surface area contributed by atoms with Gasteiger partial charge in [0.15, 0.2) is 0 Å². The van der Waals surface area contributed by atoms with Crippen LogP contribution in [0.5, 0.6) is 0 Å². The molecule has 0 spiro atoms. The smallest absolute Gasteiger partial charge is 0.308 e. The predicted octanol–water partition coefficient (Wildman–Crippen LogP) is -0.369. The maximum Gasteiger partial charge on any atom is 0.308 e. The zero-order valence-electron chi connectivity index (χ0n) is 9.71. The molecule has 0 saturated heterocycles. The molecule has 2 amide bonds. The average Bonchev–Trinajstić information content (AvgIpc) is 2.35. The van der Waals surface area contributed by atoms with Crippen molar-refractivity contribution in [1.29, 1.82) is 0 Å². The SMILES string of the molecule is CC(CNC(=O)c1ccc(C(N)=O)cn1)C(=O)O. The molecular weight excluding hydrogens is 238 g/mol.